The first-order valence-corrected chi connectivity index (χ1v) is 8.50. The van der Waals surface area contributed by atoms with Gasteiger partial charge in [-0.3, -0.25) is 14.7 Å². The van der Waals surface area contributed by atoms with Crippen molar-refractivity contribution in [1.29, 1.82) is 0 Å². The van der Waals surface area contributed by atoms with Gasteiger partial charge >= 0.3 is 0 Å². The normalized spacial score (nSPS) is 16.2. The summed E-state index contributed by atoms with van der Waals surface area (Å²) in [5.74, 6) is 0.951. The summed E-state index contributed by atoms with van der Waals surface area (Å²) in [7, 11) is 1.74. The lowest BCUT2D eigenvalue weighted by Crippen LogP contribution is -2.54. The van der Waals surface area contributed by atoms with Crippen LogP contribution in [0.15, 0.2) is 21.5 Å². The Bertz CT molecular complexity index is 579. The van der Waals surface area contributed by atoms with E-state index >= 15 is 0 Å². The number of hydrogen-bond acceptors (Lipinski definition) is 4. The molecule has 1 aromatic rings. The summed E-state index contributed by atoms with van der Waals surface area (Å²) < 4.78 is 5.35. The first-order valence-electron chi connectivity index (χ1n) is 8.50. The summed E-state index contributed by atoms with van der Waals surface area (Å²) in [4.78, 5) is 17.8. The molecule has 1 aromatic heterocycles. The Morgan fingerprint density at radius 1 is 1.28 bits per heavy atom. The minimum absolute atomic E-state index is 0. The van der Waals surface area contributed by atoms with Crippen LogP contribution in [0.1, 0.15) is 49.4 Å². The van der Waals surface area contributed by atoms with E-state index in [1.165, 1.54) is 19.3 Å². The number of aliphatic imine (C=N–C) groups is 1. The fourth-order valence-electron chi connectivity index (χ4n) is 2.91. The highest BCUT2D eigenvalue weighted by atomic mass is 127. The van der Waals surface area contributed by atoms with Crippen LogP contribution in [0.5, 0.6) is 0 Å². The highest BCUT2D eigenvalue weighted by Gasteiger charge is 2.27. The molecule has 1 amide bonds. The van der Waals surface area contributed by atoms with Crippen LogP contribution in [0.2, 0.25) is 0 Å². The number of carbonyl (C=O) groups excluding carboxylic acids is 1. The predicted octanol–water partition coefficient (Wildman–Crippen LogP) is 1.93. The fourth-order valence-corrected chi connectivity index (χ4v) is 2.91. The minimum Gasteiger partial charge on any atom is -0.454 e. The van der Waals surface area contributed by atoms with Gasteiger partial charge in [-0.1, -0.05) is 6.42 Å². The van der Waals surface area contributed by atoms with E-state index in [0.29, 0.717) is 18.3 Å². The maximum Gasteiger partial charge on any atom is 0.284 e. The first kappa shape index (κ1) is 21.8. The number of nitrogens with two attached hydrogens (primary N) is 1. The van der Waals surface area contributed by atoms with Gasteiger partial charge in [0.1, 0.15) is 5.76 Å². The number of nitrogens with zero attached hydrogens (tertiary/aromatic N) is 2. The van der Waals surface area contributed by atoms with Gasteiger partial charge in [-0.05, 0) is 51.9 Å². The Morgan fingerprint density at radius 2 is 1.96 bits per heavy atom. The molecule has 1 saturated heterocycles. The Balaban J connectivity index is 0.00000312. The third-order valence-electron chi connectivity index (χ3n) is 4.46. The van der Waals surface area contributed by atoms with Crippen LogP contribution in [-0.4, -0.2) is 49.0 Å². The van der Waals surface area contributed by atoms with Crippen LogP contribution in [0, 0.1) is 0 Å². The highest BCUT2D eigenvalue weighted by Crippen LogP contribution is 2.19. The Kier molecular flexibility index (Phi) is 8.70. The van der Waals surface area contributed by atoms with Gasteiger partial charge in [0.25, 0.3) is 5.91 Å². The average Bonchev–Trinajstić information content (AvgIpc) is 3.05. The van der Waals surface area contributed by atoms with Crippen LogP contribution in [-0.2, 0) is 6.54 Å². The summed E-state index contributed by atoms with van der Waals surface area (Å²) >= 11 is 0. The number of hydrogen-bond donors (Lipinski definition) is 3. The summed E-state index contributed by atoms with van der Waals surface area (Å²) in [6, 6.07) is 3.31. The van der Waals surface area contributed by atoms with Gasteiger partial charge in [0, 0.05) is 19.1 Å². The smallest absolute Gasteiger partial charge is 0.284 e. The number of furan rings is 1. The third-order valence-corrected chi connectivity index (χ3v) is 4.46. The van der Waals surface area contributed by atoms with Crippen molar-refractivity contribution < 1.29 is 9.21 Å². The summed E-state index contributed by atoms with van der Waals surface area (Å²) in [5, 5.41) is 6.56. The summed E-state index contributed by atoms with van der Waals surface area (Å²) in [5.41, 5.74) is 5.25. The topological polar surface area (TPSA) is 95.9 Å². The van der Waals surface area contributed by atoms with Crippen molar-refractivity contribution in [3.8, 4) is 0 Å². The molecule has 2 heterocycles. The number of piperidine rings is 1. The lowest BCUT2D eigenvalue weighted by atomic mass is 9.98. The maximum atomic E-state index is 11.0. The molecule has 2 rings (SSSR count). The zero-order chi connectivity index (χ0) is 17.6. The first-order chi connectivity index (χ1) is 11.4. The lowest BCUT2D eigenvalue weighted by molar-refractivity contribution is 0.0970. The van der Waals surface area contributed by atoms with Crippen LogP contribution >= 0.6 is 24.0 Å². The van der Waals surface area contributed by atoms with Gasteiger partial charge in [0.2, 0.25) is 0 Å². The minimum atomic E-state index is -0.563. The van der Waals surface area contributed by atoms with Crippen LogP contribution in [0.3, 0.4) is 0 Å². The van der Waals surface area contributed by atoms with E-state index in [1.54, 1.807) is 19.2 Å². The average molecular weight is 463 g/mol. The number of rotatable bonds is 6. The molecule has 0 aliphatic carbocycles. The molecule has 0 atom stereocenters. The van der Waals surface area contributed by atoms with E-state index < -0.39 is 5.91 Å². The molecule has 1 fully saturated rings. The van der Waals surface area contributed by atoms with Crippen LogP contribution < -0.4 is 16.4 Å². The summed E-state index contributed by atoms with van der Waals surface area (Å²) in [6.45, 7) is 8.06. The second kappa shape index (κ2) is 10.0. The number of primary amides is 1. The molecule has 0 aromatic carbocycles. The predicted molar refractivity (Wildman–Crippen MR) is 110 cm³/mol. The summed E-state index contributed by atoms with van der Waals surface area (Å²) in [6.07, 6.45) is 3.88. The van der Waals surface area contributed by atoms with E-state index in [2.05, 4.69) is 34.4 Å². The largest absolute Gasteiger partial charge is 0.454 e. The molecule has 1 aliphatic heterocycles. The molecular weight excluding hydrogens is 433 g/mol. The van der Waals surface area contributed by atoms with Crippen molar-refractivity contribution in [1.82, 2.24) is 15.5 Å². The van der Waals surface area contributed by atoms with E-state index in [0.717, 1.165) is 19.6 Å². The molecule has 142 valence electrons. The van der Waals surface area contributed by atoms with Crippen molar-refractivity contribution in [3.63, 3.8) is 0 Å². The number of guanidine groups is 1. The van der Waals surface area contributed by atoms with E-state index in [9.17, 15) is 4.79 Å². The molecular formula is C17H30IN5O2. The molecule has 8 heteroatoms. The molecule has 0 unspecified atom stereocenters. The third kappa shape index (κ3) is 6.50. The Morgan fingerprint density at radius 3 is 2.52 bits per heavy atom. The van der Waals surface area contributed by atoms with E-state index in [4.69, 9.17) is 10.2 Å². The van der Waals surface area contributed by atoms with Gasteiger partial charge < -0.3 is 20.8 Å². The standard InChI is InChI=1S/C17H29N5O2.HI/c1-17(2,22-9-5-4-6-10-22)12-21-16(19-3)20-11-13-7-8-14(24-13)15(18)23;/h7-8H,4-6,9-12H2,1-3H3,(H2,18,23)(H2,19,20,21);1H. The molecule has 0 saturated carbocycles. The van der Waals surface area contributed by atoms with Crippen molar-refractivity contribution in [2.45, 2.75) is 45.2 Å². The van der Waals surface area contributed by atoms with Gasteiger partial charge in [0.05, 0.1) is 6.54 Å². The molecule has 0 spiro atoms. The number of nitrogens with one attached hydrogen (secondary N) is 2. The van der Waals surface area contributed by atoms with E-state index in [-0.39, 0.29) is 35.3 Å². The molecule has 7 nitrogen and oxygen atoms in total. The van der Waals surface area contributed by atoms with Gasteiger partial charge in [-0.15, -0.1) is 24.0 Å². The molecule has 0 bridgehead atoms. The quantitative estimate of drug-likeness (QED) is 0.341. The zero-order valence-corrected chi connectivity index (χ0v) is 17.6. The fraction of sp³-hybridized carbons (Fsp3) is 0.647. The van der Waals surface area contributed by atoms with Gasteiger partial charge in [-0.25, -0.2) is 0 Å². The second-order valence-electron chi connectivity index (χ2n) is 6.77. The van der Waals surface area contributed by atoms with Crippen molar-refractivity contribution in [3.05, 3.63) is 23.7 Å². The molecule has 0 radical (unpaired) electrons. The Labute approximate surface area is 166 Å². The number of halogens is 1. The van der Waals surface area contributed by atoms with E-state index in [1.807, 2.05) is 0 Å². The zero-order valence-electron chi connectivity index (χ0n) is 15.3. The number of amides is 1. The van der Waals surface area contributed by atoms with Gasteiger partial charge in [-0.2, -0.15) is 0 Å². The molecule has 25 heavy (non-hydrogen) atoms. The SMILES string of the molecule is CN=C(NCc1ccc(C(N)=O)o1)NCC(C)(C)N1CCCCC1.I. The monoisotopic (exact) mass is 463 g/mol. The lowest BCUT2D eigenvalue weighted by Gasteiger charge is -2.41. The second-order valence-corrected chi connectivity index (χ2v) is 6.77. The molecule has 4 N–H and O–H groups in total. The number of carbonyl (C=O) groups is 1. The van der Waals surface area contributed by atoms with Crippen molar-refractivity contribution in [2.24, 2.45) is 10.7 Å². The molecule has 1 aliphatic rings. The van der Waals surface area contributed by atoms with Crippen LogP contribution in [0.25, 0.3) is 0 Å². The number of likely N-dealkylation sites (tertiary alicyclic amines) is 1. The highest BCUT2D eigenvalue weighted by molar-refractivity contribution is 14.0. The van der Waals surface area contributed by atoms with Crippen LogP contribution in [0.4, 0.5) is 0 Å². The Hall–Kier alpha value is -1.29. The van der Waals surface area contributed by atoms with Crippen molar-refractivity contribution >= 4 is 35.8 Å². The van der Waals surface area contributed by atoms with Gasteiger partial charge in [0.15, 0.2) is 11.7 Å². The van der Waals surface area contributed by atoms with Crippen molar-refractivity contribution in [2.75, 3.05) is 26.7 Å². The maximum absolute atomic E-state index is 11.0.